The summed E-state index contributed by atoms with van der Waals surface area (Å²) >= 11 is 0. The number of hydrogen-bond donors (Lipinski definition) is 6. The van der Waals surface area contributed by atoms with E-state index in [2.05, 4.69) is 0 Å². The van der Waals surface area contributed by atoms with Crippen molar-refractivity contribution in [2.45, 2.75) is 43.3 Å². The molecule has 11 heteroatoms. The maximum absolute atomic E-state index is 11.9. The van der Waals surface area contributed by atoms with Crippen molar-refractivity contribution in [1.29, 1.82) is 0 Å². The average Bonchev–Trinajstić information content (AvgIpc) is 2.57. The van der Waals surface area contributed by atoms with Crippen LogP contribution in [0.1, 0.15) is 0 Å². The van der Waals surface area contributed by atoms with Gasteiger partial charge in [0.05, 0.1) is 12.8 Å². The van der Waals surface area contributed by atoms with E-state index in [1.165, 1.54) is 17.0 Å². The summed E-state index contributed by atoms with van der Waals surface area (Å²) in [7, 11) is 0. The van der Waals surface area contributed by atoms with Gasteiger partial charge in [0, 0.05) is 18.8 Å². The third-order valence-electron chi connectivity index (χ3n) is 3.77. The van der Waals surface area contributed by atoms with E-state index in [1.54, 1.807) is 0 Å². The lowest BCUT2D eigenvalue weighted by atomic mass is 9.99. The summed E-state index contributed by atoms with van der Waals surface area (Å²) in [6.45, 7) is -0.781. The molecule has 0 spiro atoms. The molecule has 6 unspecified atom stereocenters. The molecule has 1 aliphatic heterocycles. The molecule has 1 aromatic rings. The molecule has 0 amide bonds. The van der Waals surface area contributed by atoms with Gasteiger partial charge in [-0.1, -0.05) is 0 Å². The second-order valence-corrected chi connectivity index (χ2v) is 5.63. The van der Waals surface area contributed by atoms with Gasteiger partial charge in [-0.2, -0.15) is 0 Å². The van der Waals surface area contributed by atoms with Crippen molar-refractivity contribution in [3.63, 3.8) is 0 Å². The first-order chi connectivity index (χ1) is 11.7. The van der Waals surface area contributed by atoms with Gasteiger partial charge in [-0.05, 0) is 0 Å². The molecule has 0 aliphatic carbocycles. The highest BCUT2D eigenvalue weighted by Crippen LogP contribution is 2.23. The molecular formula is C14H20N2O9. The molecule has 1 aliphatic rings. The molecule has 2 rings (SSSR count). The lowest BCUT2D eigenvalue weighted by Crippen LogP contribution is -2.60. The number of hydrogen-bond acceptors (Lipinski definition) is 9. The monoisotopic (exact) mass is 360 g/mol. The Kier molecular flexibility index (Phi) is 6.11. The van der Waals surface area contributed by atoms with Crippen molar-refractivity contribution >= 4 is 5.97 Å². The maximum Gasteiger partial charge on any atom is 0.322 e. The van der Waals surface area contributed by atoms with Crippen molar-refractivity contribution in [2.75, 3.05) is 6.61 Å². The highest BCUT2D eigenvalue weighted by molar-refractivity contribution is 5.72. The Morgan fingerprint density at radius 1 is 1.36 bits per heavy atom. The number of ether oxygens (including phenoxy) is 2. The van der Waals surface area contributed by atoms with E-state index in [-0.39, 0.29) is 12.3 Å². The first-order valence-electron chi connectivity index (χ1n) is 7.40. The smallest absolute Gasteiger partial charge is 0.322 e. The molecule has 11 nitrogen and oxygen atoms in total. The minimum Gasteiger partial charge on any atom is -0.480 e. The Morgan fingerprint density at radius 3 is 2.64 bits per heavy atom. The van der Waals surface area contributed by atoms with E-state index in [1.807, 2.05) is 0 Å². The number of aliphatic hydroxyl groups excluding tert-OH is 4. The first kappa shape index (κ1) is 19.3. The number of aromatic nitrogens is 1. The molecule has 0 aromatic carbocycles. The Morgan fingerprint density at radius 2 is 2.04 bits per heavy atom. The number of nitrogens with two attached hydrogens (primary N) is 1. The number of carboxylic acids is 1. The lowest BCUT2D eigenvalue weighted by Gasteiger charge is -2.39. The molecule has 1 fully saturated rings. The normalized spacial score (nSPS) is 30.7. The third-order valence-corrected chi connectivity index (χ3v) is 3.77. The molecule has 0 radical (unpaired) electrons. The number of pyridine rings is 1. The second kappa shape index (κ2) is 7.91. The molecule has 6 atom stereocenters. The van der Waals surface area contributed by atoms with Gasteiger partial charge in [0.25, 0.3) is 0 Å². The first-order valence-corrected chi connectivity index (χ1v) is 7.40. The zero-order valence-corrected chi connectivity index (χ0v) is 13.0. The Hall–Kier alpha value is -2.02. The van der Waals surface area contributed by atoms with E-state index >= 15 is 0 Å². The van der Waals surface area contributed by atoms with Crippen LogP contribution in [0.5, 0.6) is 5.75 Å². The minimum atomic E-state index is -1.71. The summed E-state index contributed by atoms with van der Waals surface area (Å²) in [6, 6.07) is -0.0970. The quantitative estimate of drug-likeness (QED) is 0.296. The molecule has 140 valence electrons. The summed E-state index contributed by atoms with van der Waals surface area (Å²) in [5, 5.41) is 47.2. The SMILES string of the molecule is NC(Cn1ccc(=O)c(OC2C(CO)OC(O)C(O)C2O)c1)C(=O)O. The van der Waals surface area contributed by atoms with Crippen LogP contribution < -0.4 is 15.9 Å². The molecule has 0 bridgehead atoms. The number of aliphatic hydroxyl groups is 4. The minimum absolute atomic E-state index is 0.138. The fourth-order valence-electron chi connectivity index (χ4n) is 2.37. The molecule has 1 saturated heterocycles. The van der Waals surface area contributed by atoms with Crippen LogP contribution in [0.3, 0.4) is 0 Å². The second-order valence-electron chi connectivity index (χ2n) is 5.63. The van der Waals surface area contributed by atoms with Crippen LogP contribution >= 0.6 is 0 Å². The number of carbonyl (C=O) groups is 1. The van der Waals surface area contributed by atoms with Crippen molar-refractivity contribution in [3.8, 4) is 5.75 Å². The average molecular weight is 360 g/mol. The van der Waals surface area contributed by atoms with Crippen LogP contribution in [0, 0.1) is 0 Å². The number of carboxylic acid groups (broad SMARTS) is 1. The van der Waals surface area contributed by atoms with Crippen LogP contribution in [-0.4, -0.2) is 79.4 Å². The summed E-state index contributed by atoms with van der Waals surface area (Å²) < 4.78 is 11.6. The third kappa shape index (κ3) is 4.34. The Labute approximate surface area is 141 Å². The van der Waals surface area contributed by atoms with E-state index in [0.717, 1.165) is 6.07 Å². The molecule has 1 aromatic heterocycles. The summed E-state index contributed by atoms with van der Waals surface area (Å²) in [5.41, 5.74) is 4.85. The van der Waals surface area contributed by atoms with Gasteiger partial charge in [-0.25, -0.2) is 0 Å². The van der Waals surface area contributed by atoms with Gasteiger partial charge >= 0.3 is 5.97 Å². The van der Waals surface area contributed by atoms with E-state index in [4.69, 9.17) is 20.3 Å². The Balaban J connectivity index is 2.23. The summed E-state index contributed by atoms with van der Waals surface area (Å²) in [4.78, 5) is 22.7. The van der Waals surface area contributed by atoms with Crippen molar-refractivity contribution < 1.29 is 39.8 Å². The fraction of sp³-hybridized carbons (Fsp3) is 0.571. The predicted molar refractivity (Wildman–Crippen MR) is 80.7 cm³/mol. The van der Waals surface area contributed by atoms with Crippen LogP contribution in [-0.2, 0) is 16.1 Å². The van der Waals surface area contributed by atoms with Gasteiger partial charge in [0.15, 0.2) is 18.1 Å². The van der Waals surface area contributed by atoms with Crippen molar-refractivity contribution in [2.24, 2.45) is 5.73 Å². The summed E-state index contributed by atoms with van der Waals surface area (Å²) in [6.07, 6.45) is -5.07. The van der Waals surface area contributed by atoms with E-state index in [9.17, 15) is 30.0 Å². The van der Waals surface area contributed by atoms with Gasteiger partial charge < -0.3 is 45.3 Å². The molecule has 0 saturated carbocycles. The van der Waals surface area contributed by atoms with E-state index in [0.29, 0.717) is 0 Å². The van der Waals surface area contributed by atoms with E-state index < -0.39 is 54.8 Å². The summed E-state index contributed by atoms with van der Waals surface area (Å²) in [5.74, 6) is -1.50. The Bertz CT molecular complexity index is 662. The molecule has 7 N–H and O–H groups in total. The molecule has 2 heterocycles. The zero-order chi connectivity index (χ0) is 18.7. The predicted octanol–water partition coefficient (Wildman–Crippen LogP) is -3.56. The molecule has 25 heavy (non-hydrogen) atoms. The van der Waals surface area contributed by atoms with Crippen molar-refractivity contribution in [1.82, 2.24) is 4.57 Å². The molecular weight excluding hydrogens is 340 g/mol. The standard InChI is InChI=1S/C14H20N2O9/c15-6(13(21)22)3-16-2-1-7(18)8(4-16)24-12-9(5-17)25-14(23)11(20)10(12)19/h1-2,4,6,9-12,14,17,19-20,23H,3,5,15H2,(H,21,22). The number of nitrogens with zero attached hydrogens (tertiary/aromatic N) is 1. The van der Waals surface area contributed by atoms with Gasteiger partial charge in [-0.15, -0.1) is 0 Å². The highest BCUT2D eigenvalue weighted by Gasteiger charge is 2.45. The number of rotatable bonds is 6. The van der Waals surface area contributed by atoms with Crippen molar-refractivity contribution in [3.05, 3.63) is 28.7 Å². The lowest BCUT2D eigenvalue weighted by molar-refractivity contribution is -0.282. The fourth-order valence-corrected chi connectivity index (χ4v) is 2.37. The van der Waals surface area contributed by atoms with Crippen LogP contribution in [0.15, 0.2) is 23.3 Å². The number of aliphatic carboxylic acids is 1. The van der Waals surface area contributed by atoms with Gasteiger partial charge in [0.2, 0.25) is 5.43 Å². The largest absolute Gasteiger partial charge is 0.480 e. The highest BCUT2D eigenvalue weighted by atomic mass is 16.7. The zero-order valence-electron chi connectivity index (χ0n) is 13.0. The van der Waals surface area contributed by atoms with Crippen LogP contribution in [0.25, 0.3) is 0 Å². The van der Waals surface area contributed by atoms with Crippen LogP contribution in [0.4, 0.5) is 0 Å². The van der Waals surface area contributed by atoms with Gasteiger partial charge in [-0.3, -0.25) is 9.59 Å². The topological polar surface area (TPSA) is 185 Å². The van der Waals surface area contributed by atoms with Crippen LogP contribution in [0.2, 0.25) is 0 Å². The van der Waals surface area contributed by atoms with Gasteiger partial charge in [0.1, 0.15) is 24.4 Å². The maximum atomic E-state index is 11.9.